The zero-order valence-electron chi connectivity index (χ0n) is 16.6. The number of methoxy groups -OCH3 is 1. The molecule has 1 aliphatic rings. The van der Waals surface area contributed by atoms with Crippen LogP contribution in [0.2, 0.25) is 0 Å². The normalized spacial score (nSPS) is 15.7. The molecule has 4 rings (SSSR count). The first kappa shape index (κ1) is 19.2. The first-order valence-electron chi connectivity index (χ1n) is 9.99. The molecule has 0 spiro atoms. The Morgan fingerprint density at radius 1 is 0.931 bits per heavy atom. The van der Waals surface area contributed by atoms with Crippen LogP contribution < -0.4 is 10.1 Å². The largest absolute Gasteiger partial charge is 0.497 e. The number of hydrogen-bond donors (Lipinski definition) is 2. The molecule has 148 valence electrons. The maximum atomic E-state index is 11.9. The van der Waals surface area contributed by atoms with Gasteiger partial charge in [-0.1, -0.05) is 66.7 Å². The summed E-state index contributed by atoms with van der Waals surface area (Å²) < 4.78 is 5.25. The van der Waals surface area contributed by atoms with Gasteiger partial charge in [-0.15, -0.1) is 0 Å². The Balaban J connectivity index is 1.71. The third-order valence-electron chi connectivity index (χ3n) is 5.34. The molecule has 29 heavy (non-hydrogen) atoms. The lowest BCUT2D eigenvalue weighted by atomic mass is 9.83. The van der Waals surface area contributed by atoms with Crippen LogP contribution in [0.15, 0.2) is 83.9 Å². The fourth-order valence-electron chi connectivity index (χ4n) is 3.78. The van der Waals surface area contributed by atoms with Gasteiger partial charge >= 0.3 is 0 Å². The second kappa shape index (κ2) is 8.50. The number of amidine groups is 1. The molecule has 0 aliphatic carbocycles. The summed E-state index contributed by atoms with van der Waals surface area (Å²) in [6.07, 6.45) is 1.76. The van der Waals surface area contributed by atoms with Gasteiger partial charge in [-0.05, 0) is 47.2 Å². The van der Waals surface area contributed by atoms with E-state index in [-0.39, 0.29) is 0 Å². The Bertz CT molecular complexity index is 983. The Kier molecular flexibility index (Phi) is 5.63. The Morgan fingerprint density at radius 2 is 1.69 bits per heavy atom. The number of nitrogens with zero attached hydrogens (tertiary/aromatic N) is 1. The second-order valence-corrected chi connectivity index (χ2v) is 7.31. The van der Waals surface area contributed by atoms with Crippen LogP contribution in [0.3, 0.4) is 0 Å². The van der Waals surface area contributed by atoms with Crippen molar-refractivity contribution in [2.75, 3.05) is 20.2 Å². The van der Waals surface area contributed by atoms with E-state index in [1.807, 2.05) is 54.6 Å². The Labute approximate surface area is 171 Å². The zero-order valence-corrected chi connectivity index (χ0v) is 16.6. The third-order valence-corrected chi connectivity index (χ3v) is 5.34. The number of nitrogens with one attached hydrogen (secondary N) is 1. The predicted molar refractivity (Wildman–Crippen MR) is 117 cm³/mol. The lowest BCUT2D eigenvalue weighted by Crippen LogP contribution is -2.47. The second-order valence-electron chi connectivity index (χ2n) is 7.31. The van der Waals surface area contributed by atoms with Crippen LogP contribution >= 0.6 is 0 Å². The van der Waals surface area contributed by atoms with E-state index in [2.05, 4.69) is 34.6 Å². The van der Waals surface area contributed by atoms with Crippen LogP contribution in [0.1, 0.15) is 28.7 Å². The smallest absolute Gasteiger partial charge is 0.172 e. The van der Waals surface area contributed by atoms with E-state index < -0.39 is 5.60 Å². The minimum atomic E-state index is -1.29. The number of hydrogen-bond acceptors (Lipinski definition) is 4. The van der Waals surface area contributed by atoms with E-state index in [9.17, 15) is 5.11 Å². The Hall–Kier alpha value is -3.11. The molecule has 1 heterocycles. The molecule has 1 unspecified atom stereocenters. The fourth-order valence-corrected chi connectivity index (χ4v) is 3.78. The van der Waals surface area contributed by atoms with Crippen molar-refractivity contribution in [3.05, 3.63) is 101 Å². The molecule has 4 nitrogen and oxygen atoms in total. The molecule has 0 amide bonds. The highest BCUT2D eigenvalue weighted by Crippen LogP contribution is 2.32. The van der Waals surface area contributed by atoms with Crippen molar-refractivity contribution in [1.82, 2.24) is 5.32 Å². The molecule has 0 saturated heterocycles. The molecule has 0 fully saturated rings. The first-order chi connectivity index (χ1) is 14.2. The van der Waals surface area contributed by atoms with Crippen molar-refractivity contribution >= 4 is 5.84 Å². The number of benzene rings is 3. The average molecular weight is 386 g/mol. The van der Waals surface area contributed by atoms with Crippen molar-refractivity contribution in [2.24, 2.45) is 4.99 Å². The highest BCUT2D eigenvalue weighted by molar-refractivity contribution is 5.95. The monoisotopic (exact) mass is 386 g/mol. The predicted octanol–water partition coefficient (Wildman–Crippen LogP) is 3.91. The molecule has 3 aromatic rings. The van der Waals surface area contributed by atoms with Gasteiger partial charge in [0, 0.05) is 13.1 Å². The van der Waals surface area contributed by atoms with Gasteiger partial charge in [-0.25, -0.2) is 0 Å². The van der Waals surface area contributed by atoms with Crippen molar-refractivity contribution in [2.45, 2.75) is 18.4 Å². The molecule has 1 aliphatic heterocycles. The lowest BCUT2D eigenvalue weighted by Gasteiger charge is -2.33. The molecule has 0 saturated carbocycles. The molecule has 3 aromatic carbocycles. The van der Waals surface area contributed by atoms with Gasteiger partial charge in [0.2, 0.25) is 0 Å². The maximum Gasteiger partial charge on any atom is 0.172 e. The molecule has 0 radical (unpaired) electrons. The van der Waals surface area contributed by atoms with Gasteiger partial charge in [-0.2, -0.15) is 0 Å². The number of aliphatic imine (C=N–C) groups is 1. The summed E-state index contributed by atoms with van der Waals surface area (Å²) in [4.78, 5) is 4.63. The van der Waals surface area contributed by atoms with Crippen LogP contribution in [0.25, 0.3) is 0 Å². The van der Waals surface area contributed by atoms with E-state index in [1.54, 1.807) is 7.11 Å². The minimum absolute atomic E-state index is 0.622. The van der Waals surface area contributed by atoms with Crippen LogP contribution in [0, 0.1) is 0 Å². The van der Waals surface area contributed by atoms with Crippen molar-refractivity contribution in [3.63, 3.8) is 0 Å². The van der Waals surface area contributed by atoms with Gasteiger partial charge in [0.1, 0.15) is 11.6 Å². The standard InChI is InChI=1S/C25H26N2O2/c1-29-23-13-11-19(12-14-23)17-20-7-5-10-22(18-20)25(28,21-8-3-2-4-9-21)24-26-15-6-16-27-24/h2-5,7-14,18,28H,6,15-17H2,1H3,(H,26,27). The van der Waals surface area contributed by atoms with Crippen LogP contribution in [0.4, 0.5) is 0 Å². The summed E-state index contributed by atoms with van der Waals surface area (Å²) in [5.41, 5.74) is 2.67. The lowest BCUT2D eigenvalue weighted by molar-refractivity contribution is 0.150. The Morgan fingerprint density at radius 3 is 2.38 bits per heavy atom. The van der Waals surface area contributed by atoms with Gasteiger partial charge in [0.25, 0.3) is 0 Å². The summed E-state index contributed by atoms with van der Waals surface area (Å²) in [5, 5.41) is 15.3. The minimum Gasteiger partial charge on any atom is -0.497 e. The molecule has 0 aromatic heterocycles. The summed E-state index contributed by atoms with van der Waals surface area (Å²) in [6, 6.07) is 26.0. The number of ether oxygens (including phenoxy) is 1. The molecular formula is C25H26N2O2. The van der Waals surface area contributed by atoms with E-state index in [0.717, 1.165) is 48.4 Å². The SMILES string of the molecule is COc1ccc(Cc2cccc(C(O)(C3=NCCCN3)c3ccccc3)c2)cc1. The van der Waals surface area contributed by atoms with E-state index in [1.165, 1.54) is 5.56 Å². The highest BCUT2D eigenvalue weighted by Gasteiger charge is 2.38. The van der Waals surface area contributed by atoms with Crippen LogP contribution in [0.5, 0.6) is 5.75 Å². The topological polar surface area (TPSA) is 53.9 Å². The van der Waals surface area contributed by atoms with Crippen LogP contribution in [-0.4, -0.2) is 31.1 Å². The maximum absolute atomic E-state index is 11.9. The van der Waals surface area contributed by atoms with E-state index in [0.29, 0.717) is 5.84 Å². The highest BCUT2D eigenvalue weighted by atomic mass is 16.5. The number of rotatable bonds is 6. The van der Waals surface area contributed by atoms with Crippen molar-refractivity contribution in [3.8, 4) is 5.75 Å². The summed E-state index contributed by atoms with van der Waals surface area (Å²) in [7, 11) is 1.67. The van der Waals surface area contributed by atoms with Gasteiger partial charge in [0.15, 0.2) is 5.60 Å². The van der Waals surface area contributed by atoms with Crippen molar-refractivity contribution in [1.29, 1.82) is 0 Å². The molecular weight excluding hydrogens is 360 g/mol. The average Bonchev–Trinajstić information content (AvgIpc) is 2.80. The first-order valence-corrected chi connectivity index (χ1v) is 9.99. The quantitative estimate of drug-likeness (QED) is 0.675. The zero-order chi connectivity index (χ0) is 20.1. The molecule has 2 N–H and O–H groups in total. The summed E-state index contributed by atoms with van der Waals surface area (Å²) in [5.74, 6) is 1.47. The molecule has 1 atom stereocenters. The van der Waals surface area contributed by atoms with Crippen molar-refractivity contribution < 1.29 is 9.84 Å². The van der Waals surface area contributed by atoms with Gasteiger partial charge < -0.3 is 15.2 Å². The number of aliphatic hydroxyl groups is 1. The fraction of sp³-hybridized carbons (Fsp3) is 0.240. The van der Waals surface area contributed by atoms with Crippen LogP contribution in [-0.2, 0) is 12.0 Å². The molecule has 4 heteroatoms. The summed E-state index contributed by atoms with van der Waals surface area (Å²) in [6.45, 7) is 1.54. The summed E-state index contributed by atoms with van der Waals surface area (Å²) >= 11 is 0. The van der Waals surface area contributed by atoms with E-state index >= 15 is 0 Å². The molecule has 0 bridgehead atoms. The van der Waals surface area contributed by atoms with E-state index in [4.69, 9.17) is 4.74 Å². The third kappa shape index (κ3) is 4.03. The van der Waals surface area contributed by atoms with Gasteiger partial charge in [-0.3, -0.25) is 4.99 Å². The van der Waals surface area contributed by atoms with Gasteiger partial charge in [0.05, 0.1) is 7.11 Å².